The molecule has 0 aliphatic rings. The smallest absolute Gasteiger partial charge is 0.221 e. The van der Waals surface area contributed by atoms with E-state index in [9.17, 15) is 9.59 Å². The summed E-state index contributed by atoms with van der Waals surface area (Å²) in [5, 5.41) is 2.74. The van der Waals surface area contributed by atoms with Gasteiger partial charge >= 0.3 is 0 Å². The number of carbonyl (C=O) groups excluding carboxylic acids is 2. The van der Waals surface area contributed by atoms with Gasteiger partial charge in [-0.1, -0.05) is 26.0 Å². The lowest BCUT2D eigenvalue weighted by molar-refractivity contribution is -0.114. The third-order valence-electron chi connectivity index (χ3n) is 2.92. The van der Waals surface area contributed by atoms with E-state index in [1.54, 1.807) is 6.92 Å². The van der Waals surface area contributed by atoms with E-state index >= 15 is 0 Å². The number of amides is 1. The monoisotopic (exact) mass is 286 g/mol. The average Bonchev–Trinajstić information content (AvgIpc) is 2.82. The van der Waals surface area contributed by atoms with Gasteiger partial charge < -0.3 is 10.3 Å². The molecule has 0 saturated carbocycles. The van der Waals surface area contributed by atoms with Crippen LogP contribution in [-0.2, 0) is 4.79 Å². The Kier molecular flexibility index (Phi) is 5.91. The molecular formula is C17H22N2O2. The van der Waals surface area contributed by atoms with Crippen LogP contribution in [0, 0.1) is 6.92 Å². The maximum absolute atomic E-state index is 11.7. The summed E-state index contributed by atoms with van der Waals surface area (Å²) >= 11 is 0. The highest BCUT2D eigenvalue weighted by Gasteiger charge is 2.14. The molecule has 0 saturated heterocycles. The van der Waals surface area contributed by atoms with E-state index < -0.39 is 0 Å². The van der Waals surface area contributed by atoms with Gasteiger partial charge in [0.25, 0.3) is 0 Å². The van der Waals surface area contributed by atoms with E-state index in [4.69, 9.17) is 0 Å². The molecule has 21 heavy (non-hydrogen) atoms. The van der Waals surface area contributed by atoms with Gasteiger partial charge in [0, 0.05) is 35.6 Å². The molecule has 4 nitrogen and oxygen atoms in total. The van der Waals surface area contributed by atoms with E-state index in [1.165, 1.54) is 6.92 Å². The zero-order valence-corrected chi connectivity index (χ0v) is 13.2. The Hall–Kier alpha value is -2.36. The Morgan fingerprint density at radius 2 is 1.81 bits per heavy atom. The molecule has 1 heterocycles. The number of carbonyl (C=O) groups is 2. The topological polar surface area (TPSA) is 62.0 Å². The van der Waals surface area contributed by atoms with Crippen LogP contribution in [0.15, 0.2) is 30.5 Å². The molecule has 0 aliphatic heterocycles. The predicted molar refractivity (Wildman–Crippen MR) is 86.6 cm³/mol. The van der Waals surface area contributed by atoms with Crippen molar-refractivity contribution in [1.29, 1.82) is 0 Å². The van der Waals surface area contributed by atoms with Gasteiger partial charge in [-0.2, -0.15) is 0 Å². The Balaban J connectivity index is 0.00000106. The van der Waals surface area contributed by atoms with Crippen molar-refractivity contribution in [2.75, 3.05) is 5.32 Å². The maximum Gasteiger partial charge on any atom is 0.221 e. The van der Waals surface area contributed by atoms with E-state index in [0.717, 1.165) is 22.5 Å². The second-order valence-corrected chi connectivity index (χ2v) is 4.52. The number of ketones is 1. The fourth-order valence-electron chi connectivity index (χ4n) is 2.18. The zero-order chi connectivity index (χ0) is 16.0. The van der Waals surface area contributed by atoms with Gasteiger partial charge in [0.2, 0.25) is 5.91 Å². The van der Waals surface area contributed by atoms with Crippen molar-refractivity contribution < 1.29 is 9.59 Å². The van der Waals surface area contributed by atoms with Crippen molar-refractivity contribution in [3.63, 3.8) is 0 Å². The molecule has 2 aromatic rings. The molecule has 2 N–H and O–H groups in total. The first-order chi connectivity index (χ1) is 9.99. The molecule has 0 spiro atoms. The second-order valence-electron chi connectivity index (χ2n) is 4.52. The Labute approximate surface area is 125 Å². The van der Waals surface area contributed by atoms with Crippen LogP contribution in [0.3, 0.4) is 0 Å². The lowest BCUT2D eigenvalue weighted by Gasteiger charge is -2.06. The molecule has 0 fully saturated rings. The first kappa shape index (κ1) is 16.7. The molecule has 4 heteroatoms. The standard InChI is InChI=1S/C15H16N2O2.C2H6/c1-9-15(10(2)18)14(8-16-9)12-5-4-6-13(7-12)17-11(3)19;1-2/h4-8,16H,1-3H3,(H,17,19);1-2H3. The minimum atomic E-state index is -0.116. The number of aryl methyl sites for hydroxylation is 1. The highest BCUT2D eigenvalue weighted by Crippen LogP contribution is 2.28. The van der Waals surface area contributed by atoms with Gasteiger partial charge in [0.1, 0.15) is 0 Å². The van der Waals surface area contributed by atoms with Gasteiger partial charge in [-0.3, -0.25) is 9.59 Å². The van der Waals surface area contributed by atoms with Crippen LogP contribution in [0.2, 0.25) is 0 Å². The van der Waals surface area contributed by atoms with Gasteiger partial charge in [-0.15, -0.1) is 0 Å². The Morgan fingerprint density at radius 3 is 2.38 bits per heavy atom. The van der Waals surface area contributed by atoms with Gasteiger partial charge in [0.15, 0.2) is 5.78 Å². The van der Waals surface area contributed by atoms with Crippen molar-refractivity contribution in [2.45, 2.75) is 34.6 Å². The second kappa shape index (κ2) is 7.43. The van der Waals surface area contributed by atoms with Crippen LogP contribution in [0.5, 0.6) is 0 Å². The highest BCUT2D eigenvalue weighted by molar-refractivity contribution is 6.02. The van der Waals surface area contributed by atoms with Crippen molar-refractivity contribution in [2.24, 2.45) is 0 Å². The summed E-state index contributed by atoms with van der Waals surface area (Å²) in [6, 6.07) is 7.45. The first-order valence-electron chi connectivity index (χ1n) is 7.06. The van der Waals surface area contributed by atoms with Crippen molar-refractivity contribution in [1.82, 2.24) is 4.98 Å². The molecule has 1 aromatic carbocycles. The van der Waals surface area contributed by atoms with Crippen molar-refractivity contribution in [3.8, 4) is 11.1 Å². The number of anilines is 1. The molecule has 0 aliphatic carbocycles. The number of H-pyrrole nitrogens is 1. The van der Waals surface area contributed by atoms with E-state index in [1.807, 2.05) is 51.2 Å². The summed E-state index contributed by atoms with van der Waals surface area (Å²) < 4.78 is 0. The molecule has 112 valence electrons. The van der Waals surface area contributed by atoms with Crippen LogP contribution in [0.25, 0.3) is 11.1 Å². The van der Waals surface area contributed by atoms with Crippen molar-refractivity contribution >= 4 is 17.4 Å². The summed E-state index contributed by atoms with van der Waals surface area (Å²) in [5.41, 5.74) is 4.03. The maximum atomic E-state index is 11.7. The summed E-state index contributed by atoms with van der Waals surface area (Å²) in [5.74, 6) is -0.0899. The number of hydrogen-bond acceptors (Lipinski definition) is 2. The lowest BCUT2D eigenvalue weighted by Crippen LogP contribution is -2.05. The van der Waals surface area contributed by atoms with Crippen LogP contribution in [-0.4, -0.2) is 16.7 Å². The fraction of sp³-hybridized carbons (Fsp3) is 0.294. The fourth-order valence-corrected chi connectivity index (χ4v) is 2.18. The number of benzene rings is 1. The summed E-state index contributed by atoms with van der Waals surface area (Å²) in [7, 11) is 0. The average molecular weight is 286 g/mol. The molecule has 1 amide bonds. The number of aromatic nitrogens is 1. The molecule has 2 rings (SSSR count). The van der Waals surface area contributed by atoms with Crippen LogP contribution < -0.4 is 5.32 Å². The zero-order valence-electron chi connectivity index (χ0n) is 13.2. The van der Waals surface area contributed by atoms with Gasteiger partial charge in [-0.25, -0.2) is 0 Å². The largest absolute Gasteiger partial charge is 0.364 e. The summed E-state index contributed by atoms with van der Waals surface area (Å²) in [6.45, 7) is 8.89. The van der Waals surface area contributed by atoms with E-state index in [-0.39, 0.29) is 11.7 Å². The van der Waals surface area contributed by atoms with Gasteiger partial charge in [0.05, 0.1) is 0 Å². The Morgan fingerprint density at radius 1 is 1.14 bits per heavy atom. The third kappa shape index (κ3) is 4.05. The lowest BCUT2D eigenvalue weighted by atomic mass is 10.0. The number of nitrogens with one attached hydrogen (secondary N) is 2. The molecule has 1 aromatic heterocycles. The minimum Gasteiger partial charge on any atom is -0.364 e. The van der Waals surface area contributed by atoms with Gasteiger partial charge in [-0.05, 0) is 31.5 Å². The minimum absolute atomic E-state index is 0.0266. The summed E-state index contributed by atoms with van der Waals surface area (Å²) in [6.07, 6.45) is 1.82. The number of hydrogen-bond donors (Lipinski definition) is 2. The third-order valence-corrected chi connectivity index (χ3v) is 2.92. The van der Waals surface area contributed by atoms with Crippen LogP contribution in [0.4, 0.5) is 5.69 Å². The van der Waals surface area contributed by atoms with Crippen molar-refractivity contribution in [3.05, 3.63) is 41.7 Å². The molecule has 0 radical (unpaired) electrons. The van der Waals surface area contributed by atoms with Crippen LogP contribution in [0.1, 0.15) is 43.7 Å². The first-order valence-corrected chi connectivity index (χ1v) is 7.06. The van der Waals surface area contributed by atoms with Crippen LogP contribution >= 0.6 is 0 Å². The number of rotatable bonds is 3. The SMILES string of the molecule is CC.CC(=O)Nc1cccc(-c2c[nH]c(C)c2C(C)=O)c1. The Bertz CT molecular complexity index is 642. The summed E-state index contributed by atoms with van der Waals surface area (Å²) in [4.78, 5) is 25.8. The quantitative estimate of drug-likeness (QED) is 0.831. The highest BCUT2D eigenvalue weighted by atomic mass is 16.1. The number of Topliss-reactive ketones (excluding diaryl/α,β-unsaturated/α-hetero) is 1. The number of aromatic amines is 1. The van der Waals surface area contributed by atoms with E-state index in [0.29, 0.717) is 5.56 Å². The molecule has 0 unspecified atom stereocenters. The normalized spacial score (nSPS) is 9.57. The predicted octanol–water partition coefficient (Wildman–Crippen LogP) is 4.18. The molecule has 0 atom stereocenters. The van der Waals surface area contributed by atoms with E-state index in [2.05, 4.69) is 10.3 Å². The molecule has 0 bridgehead atoms. The molecular weight excluding hydrogens is 264 g/mol.